The number of imide groups is 1. The van der Waals surface area contributed by atoms with Crippen LogP contribution in [0, 0.1) is 18.7 Å². The van der Waals surface area contributed by atoms with Gasteiger partial charge in [-0.3, -0.25) is 38.7 Å². The summed E-state index contributed by atoms with van der Waals surface area (Å²) in [5.74, 6) is -1.07. The number of carbonyl (C=O) groups is 3. The monoisotopic (exact) mass is 935 g/mol. The Balaban J connectivity index is 0.726. The number of nitrogens with one attached hydrogen (secondary N) is 2. The molecule has 16 nitrogen and oxygen atoms in total. The number of amides is 3. The molecule has 0 bridgehead atoms. The molecule has 4 aromatic carbocycles. The average molecular weight is 936 g/mol. The Morgan fingerprint density at radius 1 is 0.821 bits per heavy atom. The van der Waals surface area contributed by atoms with Crippen molar-refractivity contribution >= 4 is 55.9 Å². The maximum atomic E-state index is 15.1. The number of nitrogens with zero attached hydrogens (tertiary/aromatic N) is 7. The second-order valence-corrected chi connectivity index (χ2v) is 19.7. The van der Waals surface area contributed by atoms with E-state index in [4.69, 9.17) is 4.74 Å². The maximum absolute atomic E-state index is 15.1. The average Bonchev–Trinajstić information content (AvgIpc) is 3.92. The molecule has 0 saturated carbocycles. The molecule has 1 unspecified atom stereocenters. The zero-order chi connectivity index (χ0) is 46.6. The van der Waals surface area contributed by atoms with Crippen LogP contribution < -0.4 is 30.1 Å². The number of carbonyl (C=O) groups excluding carboxylic acids is 3. The molecule has 5 aliphatic heterocycles. The van der Waals surface area contributed by atoms with E-state index in [9.17, 15) is 32.0 Å². The Bertz CT molecular complexity index is 2940. The van der Waals surface area contributed by atoms with Gasteiger partial charge in [0, 0.05) is 94.4 Å². The van der Waals surface area contributed by atoms with Crippen LogP contribution in [0.2, 0.25) is 0 Å². The minimum atomic E-state index is -4.08. The molecule has 0 aliphatic carbocycles. The Morgan fingerprint density at radius 3 is 2.28 bits per heavy atom. The Morgan fingerprint density at radius 2 is 1.55 bits per heavy atom. The Labute approximate surface area is 386 Å². The van der Waals surface area contributed by atoms with Crippen LogP contribution in [-0.4, -0.2) is 121 Å². The van der Waals surface area contributed by atoms with Crippen molar-refractivity contribution in [2.75, 3.05) is 73.4 Å². The highest BCUT2D eigenvalue weighted by atomic mass is 32.2. The van der Waals surface area contributed by atoms with Gasteiger partial charge in [-0.05, 0) is 117 Å². The predicted molar refractivity (Wildman–Crippen MR) is 248 cm³/mol. The number of fused-ring (bicyclic) bond motifs is 2. The summed E-state index contributed by atoms with van der Waals surface area (Å²) >= 11 is 0. The smallest absolute Gasteiger partial charge is 0.301 e. The van der Waals surface area contributed by atoms with Crippen LogP contribution in [0.1, 0.15) is 53.6 Å². The fraction of sp³-hybridized carbons (Fsp3) is 0.396. The topological polar surface area (TPSA) is 170 Å². The summed E-state index contributed by atoms with van der Waals surface area (Å²) in [5, 5.41) is 2.61. The van der Waals surface area contributed by atoms with Gasteiger partial charge in [0.1, 0.15) is 24.3 Å². The lowest BCUT2D eigenvalue weighted by molar-refractivity contribution is -0.136. The molecule has 67 heavy (non-hydrogen) atoms. The zero-order valence-electron chi connectivity index (χ0n) is 37.0. The number of piperazine rings is 1. The minimum absolute atomic E-state index is 0.0408. The van der Waals surface area contributed by atoms with Crippen molar-refractivity contribution < 1.29 is 36.3 Å². The van der Waals surface area contributed by atoms with Gasteiger partial charge in [-0.2, -0.15) is 12.7 Å². The van der Waals surface area contributed by atoms with Crippen LogP contribution in [0.4, 0.5) is 25.8 Å². The molecular weight excluding hydrogens is 885 g/mol. The first-order valence-electron chi connectivity index (χ1n) is 22.8. The first-order chi connectivity index (χ1) is 32.3. The molecule has 0 radical (unpaired) electrons. The summed E-state index contributed by atoms with van der Waals surface area (Å²) < 4.78 is 65.6. The molecule has 3 amide bonds. The van der Waals surface area contributed by atoms with Gasteiger partial charge in [-0.25, -0.2) is 13.8 Å². The van der Waals surface area contributed by atoms with E-state index in [0.717, 1.165) is 86.0 Å². The van der Waals surface area contributed by atoms with E-state index in [2.05, 4.69) is 35.8 Å². The second kappa shape index (κ2) is 18.0. The lowest BCUT2D eigenvalue weighted by atomic mass is 9.95. The molecule has 1 aromatic heterocycles. The number of hydrogen-bond acceptors (Lipinski definition) is 11. The lowest BCUT2D eigenvalue weighted by Gasteiger charge is -2.40. The number of hydrogen-bond donors (Lipinski definition) is 2. The number of aromatic nitrogens is 2. The van der Waals surface area contributed by atoms with E-state index in [1.165, 1.54) is 30.0 Å². The molecule has 0 spiro atoms. The second-order valence-electron chi connectivity index (χ2n) is 18.1. The van der Waals surface area contributed by atoms with Crippen molar-refractivity contribution in [3.63, 3.8) is 0 Å². The Kier molecular flexibility index (Phi) is 11.9. The summed E-state index contributed by atoms with van der Waals surface area (Å²) in [6.45, 7) is 8.17. The molecule has 5 aliphatic rings. The summed E-state index contributed by atoms with van der Waals surface area (Å²) in [6.07, 6.45) is 3.05. The highest BCUT2D eigenvalue weighted by Crippen LogP contribution is 2.36. The van der Waals surface area contributed by atoms with Crippen molar-refractivity contribution in [2.24, 2.45) is 5.92 Å². The van der Waals surface area contributed by atoms with Crippen molar-refractivity contribution in [1.29, 1.82) is 0 Å². The van der Waals surface area contributed by atoms with Crippen molar-refractivity contribution in [3.05, 3.63) is 112 Å². The van der Waals surface area contributed by atoms with Crippen LogP contribution in [0.5, 0.6) is 11.5 Å². The number of ether oxygens (including phenoxy) is 1. The largest absolute Gasteiger partial charge is 0.454 e. The number of anilines is 3. The zero-order valence-corrected chi connectivity index (χ0v) is 37.8. The van der Waals surface area contributed by atoms with Crippen LogP contribution in [0.15, 0.2) is 83.9 Å². The van der Waals surface area contributed by atoms with Crippen molar-refractivity contribution in [3.8, 4) is 17.2 Å². The van der Waals surface area contributed by atoms with Crippen molar-refractivity contribution in [1.82, 2.24) is 29.0 Å². The molecule has 10 rings (SSSR count). The molecule has 2 N–H and O–H groups in total. The number of rotatable bonds is 11. The fourth-order valence-corrected chi connectivity index (χ4v) is 11.3. The molecule has 5 aromatic rings. The normalized spacial score (nSPS) is 21.0. The molecule has 4 saturated heterocycles. The third kappa shape index (κ3) is 8.94. The first kappa shape index (κ1) is 44.4. The molecule has 4 fully saturated rings. The summed E-state index contributed by atoms with van der Waals surface area (Å²) in [5.41, 5.74) is 4.66. The van der Waals surface area contributed by atoms with Gasteiger partial charge >= 0.3 is 10.2 Å². The molecular formula is C48H51F2N9O7S. The third-order valence-electron chi connectivity index (χ3n) is 13.8. The standard InChI is InChI=1S/C48H51F2N9O7S/c1-30-41(53-67(64,65)57-19-16-33(49)28-57)11-9-40(50)45(30)66-37-7-10-42-39(25-37)48(63)59(29-51-42)35-4-2-34(3-5-35)56-22-20-54(21-23-56)26-31-14-17-55(18-15-31)36-6-8-38-32(24-36)27-58(47(38)62)43-12-13-44(60)52-46(43)61/h2-11,24-25,29,31,33,43,53H,12-23,26-28H2,1H3,(H,52,60,61)/t33-,43?/m1/s1. The van der Waals surface area contributed by atoms with Gasteiger partial charge < -0.3 is 19.4 Å². The molecule has 6 heterocycles. The summed E-state index contributed by atoms with van der Waals surface area (Å²) in [6, 6.07) is 20.1. The number of benzene rings is 4. The Hall–Kier alpha value is -6.44. The number of piperidine rings is 2. The van der Waals surface area contributed by atoms with Gasteiger partial charge in [0.25, 0.3) is 11.5 Å². The highest BCUT2D eigenvalue weighted by molar-refractivity contribution is 7.90. The number of alkyl halides is 1. The van der Waals surface area contributed by atoms with Crippen LogP contribution in [0.3, 0.4) is 0 Å². The first-order valence-corrected chi connectivity index (χ1v) is 24.2. The molecule has 2 atom stereocenters. The van der Waals surface area contributed by atoms with Gasteiger partial charge in [0.05, 0.1) is 22.3 Å². The quantitative estimate of drug-likeness (QED) is 0.169. The highest BCUT2D eigenvalue weighted by Gasteiger charge is 2.39. The molecule has 350 valence electrons. The maximum Gasteiger partial charge on any atom is 0.301 e. The minimum Gasteiger partial charge on any atom is -0.454 e. The predicted octanol–water partition coefficient (Wildman–Crippen LogP) is 5.13. The van der Waals surface area contributed by atoms with E-state index in [1.54, 1.807) is 17.0 Å². The summed E-state index contributed by atoms with van der Waals surface area (Å²) in [7, 11) is -4.08. The fourth-order valence-electron chi connectivity index (χ4n) is 9.98. The van der Waals surface area contributed by atoms with E-state index in [-0.39, 0.29) is 71.4 Å². The van der Waals surface area contributed by atoms with Crippen LogP contribution in [0.25, 0.3) is 16.6 Å². The van der Waals surface area contributed by atoms with Gasteiger partial charge in [0.15, 0.2) is 11.6 Å². The summed E-state index contributed by atoms with van der Waals surface area (Å²) in [4.78, 5) is 64.5. The SMILES string of the molecule is Cc1c(NS(=O)(=O)N2CC[C@@H](F)C2)ccc(F)c1Oc1ccc2ncn(-c3ccc(N4CCN(CC5CCN(c6ccc7c(c6)CN(C6CCC(=O)NC6=O)C7=O)CC5)CC4)cc3)c(=O)c2c1. The number of halogens is 2. The van der Waals surface area contributed by atoms with E-state index in [0.29, 0.717) is 35.7 Å². The van der Waals surface area contributed by atoms with E-state index < -0.39 is 34.1 Å². The van der Waals surface area contributed by atoms with E-state index >= 15 is 4.39 Å². The third-order valence-corrected chi connectivity index (χ3v) is 15.3. The van der Waals surface area contributed by atoms with Gasteiger partial charge in [-0.15, -0.1) is 0 Å². The molecule has 19 heteroatoms. The van der Waals surface area contributed by atoms with Gasteiger partial charge in [0.2, 0.25) is 11.8 Å². The van der Waals surface area contributed by atoms with Crippen LogP contribution >= 0.6 is 0 Å². The van der Waals surface area contributed by atoms with E-state index in [1.807, 2.05) is 36.4 Å². The lowest BCUT2D eigenvalue weighted by Crippen LogP contribution is -2.52. The van der Waals surface area contributed by atoms with Gasteiger partial charge in [-0.1, -0.05) is 0 Å². The van der Waals surface area contributed by atoms with Crippen molar-refractivity contribution in [2.45, 2.75) is 57.8 Å². The van der Waals surface area contributed by atoms with Crippen LogP contribution in [-0.2, 0) is 26.3 Å².